The van der Waals surface area contributed by atoms with E-state index in [1.807, 2.05) is 6.92 Å². The Balaban J connectivity index is 2.15. The van der Waals surface area contributed by atoms with E-state index >= 15 is 0 Å². The molecule has 0 atom stereocenters. The minimum Gasteiger partial charge on any atom is -0.365 e. The lowest BCUT2D eigenvalue weighted by atomic mass is 9.89. The average Bonchev–Trinajstić information content (AvgIpc) is 1.81. The van der Waals surface area contributed by atoms with Gasteiger partial charge in [0.2, 0.25) is 0 Å². The van der Waals surface area contributed by atoms with Crippen LogP contribution >= 0.6 is 0 Å². The lowest BCUT2D eigenvalue weighted by Crippen LogP contribution is -2.47. The number of hydrogen-bond acceptors (Lipinski definition) is 2. The van der Waals surface area contributed by atoms with Crippen molar-refractivity contribution in [1.82, 2.24) is 0 Å². The first-order chi connectivity index (χ1) is 4.66. The molecule has 3 heteroatoms. The van der Waals surface area contributed by atoms with Gasteiger partial charge in [-0.3, -0.25) is 0 Å². The van der Waals surface area contributed by atoms with E-state index in [1.165, 1.54) is 0 Å². The number of ether oxygens (including phenoxy) is 1. The van der Waals surface area contributed by atoms with Gasteiger partial charge in [-0.25, -0.2) is 4.39 Å². The Kier molecular flexibility index (Phi) is 2.26. The summed E-state index contributed by atoms with van der Waals surface area (Å²) in [4.78, 5) is 0. The second-order valence-electron chi connectivity index (χ2n) is 2.80. The Hall–Kier alpha value is -0.150. The molecule has 1 aliphatic rings. The summed E-state index contributed by atoms with van der Waals surface area (Å²) >= 11 is 0. The van der Waals surface area contributed by atoms with E-state index in [9.17, 15) is 9.50 Å². The Morgan fingerprint density at radius 1 is 1.70 bits per heavy atom. The van der Waals surface area contributed by atoms with Crippen LogP contribution in [0.5, 0.6) is 0 Å². The van der Waals surface area contributed by atoms with E-state index in [4.69, 9.17) is 4.74 Å². The third-order valence-electron chi connectivity index (χ3n) is 1.66. The number of aliphatic hydroxyl groups is 1. The van der Waals surface area contributed by atoms with Crippen LogP contribution in [0, 0.1) is 0 Å². The first-order valence-electron chi connectivity index (χ1n) is 3.67. The zero-order chi connectivity index (χ0) is 7.61. The summed E-state index contributed by atoms with van der Waals surface area (Å²) in [6.45, 7) is 2.47. The van der Waals surface area contributed by atoms with E-state index in [0.717, 1.165) is 6.42 Å². The van der Waals surface area contributed by atoms with Gasteiger partial charge >= 0.3 is 0 Å². The topological polar surface area (TPSA) is 29.5 Å². The van der Waals surface area contributed by atoms with Crippen LogP contribution in [0.25, 0.3) is 0 Å². The van der Waals surface area contributed by atoms with Crippen molar-refractivity contribution in [2.75, 3.05) is 6.61 Å². The lowest BCUT2D eigenvalue weighted by Gasteiger charge is -2.38. The highest BCUT2D eigenvalue weighted by molar-refractivity contribution is 4.86. The fourth-order valence-electron chi connectivity index (χ4n) is 1.04. The predicted octanol–water partition coefficient (Wildman–Crippen LogP) is 1.23. The maximum absolute atomic E-state index is 12.2. The zero-order valence-electron chi connectivity index (χ0n) is 6.14. The van der Waals surface area contributed by atoms with E-state index < -0.39 is 12.0 Å². The van der Waals surface area contributed by atoms with E-state index in [2.05, 4.69) is 0 Å². The maximum atomic E-state index is 12.2. The molecule has 10 heavy (non-hydrogen) atoms. The Morgan fingerprint density at radius 3 is 2.70 bits per heavy atom. The van der Waals surface area contributed by atoms with Crippen LogP contribution in [0.3, 0.4) is 0 Å². The number of alkyl halides is 1. The molecule has 0 saturated heterocycles. The maximum Gasteiger partial charge on any atom is 0.170 e. The van der Waals surface area contributed by atoms with E-state index in [1.54, 1.807) is 0 Å². The molecule has 0 bridgehead atoms. The molecule has 0 aliphatic heterocycles. The molecule has 0 unspecified atom stereocenters. The van der Waals surface area contributed by atoms with Crippen molar-refractivity contribution in [1.29, 1.82) is 0 Å². The SMILES string of the molecule is CCCOC1(O)CC(F)C1. The monoisotopic (exact) mass is 148 g/mol. The van der Waals surface area contributed by atoms with Gasteiger partial charge in [-0.15, -0.1) is 0 Å². The predicted molar refractivity (Wildman–Crippen MR) is 35.3 cm³/mol. The molecule has 0 heterocycles. The Labute approximate surface area is 60.0 Å². The summed E-state index contributed by atoms with van der Waals surface area (Å²) in [7, 11) is 0. The van der Waals surface area contributed by atoms with Gasteiger partial charge in [0.15, 0.2) is 5.79 Å². The van der Waals surface area contributed by atoms with Crippen LogP contribution in [-0.2, 0) is 4.74 Å². The summed E-state index contributed by atoms with van der Waals surface area (Å²) in [6.07, 6.45) is 0.293. The summed E-state index contributed by atoms with van der Waals surface area (Å²) in [5.74, 6) is -1.13. The normalized spacial score (nSPS) is 39.3. The summed E-state index contributed by atoms with van der Waals surface area (Å²) in [6, 6.07) is 0. The Bertz CT molecular complexity index is 110. The third-order valence-corrected chi connectivity index (χ3v) is 1.66. The molecule has 0 aromatic carbocycles. The van der Waals surface area contributed by atoms with Gasteiger partial charge < -0.3 is 9.84 Å². The van der Waals surface area contributed by atoms with Crippen LogP contribution in [0.15, 0.2) is 0 Å². The van der Waals surface area contributed by atoms with Crippen molar-refractivity contribution >= 4 is 0 Å². The highest BCUT2D eigenvalue weighted by Crippen LogP contribution is 2.35. The van der Waals surface area contributed by atoms with Gasteiger partial charge in [-0.1, -0.05) is 6.92 Å². The quantitative estimate of drug-likeness (QED) is 0.610. The number of rotatable bonds is 3. The van der Waals surface area contributed by atoms with Gasteiger partial charge in [0.1, 0.15) is 6.17 Å². The second kappa shape index (κ2) is 2.84. The molecular formula is C7H13FO2. The lowest BCUT2D eigenvalue weighted by molar-refractivity contribution is -0.268. The molecular weight excluding hydrogens is 135 g/mol. The van der Waals surface area contributed by atoms with Crippen molar-refractivity contribution < 1.29 is 14.2 Å². The first-order valence-corrected chi connectivity index (χ1v) is 3.67. The molecule has 1 rings (SSSR count). The first kappa shape index (κ1) is 7.95. The van der Waals surface area contributed by atoms with Crippen molar-refractivity contribution in [2.45, 2.75) is 38.1 Å². The van der Waals surface area contributed by atoms with Crippen LogP contribution in [-0.4, -0.2) is 23.7 Å². The largest absolute Gasteiger partial charge is 0.365 e. The van der Waals surface area contributed by atoms with Gasteiger partial charge in [0.25, 0.3) is 0 Å². The molecule has 0 spiro atoms. The van der Waals surface area contributed by atoms with Gasteiger partial charge in [0, 0.05) is 19.4 Å². The fraction of sp³-hybridized carbons (Fsp3) is 1.00. The second-order valence-corrected chi connectivity index (χ2v) is 2.80. The van der Waals surface area contributed by atoms with Crippen molar-refractivity contribution in [3.8, 4) is 0 Å². The van der Waals surface area contributed by atoms with Crippen LogP contribution in [0.1, 0.15) is 26.2 Å². The standard InChI is InChI=1S/C7H13FO2/c1-2-3-10-7(9)4-6(8)5-7/h6,9H,2-5H2,1H3. The third kappa shape index (κ3) is 1.67. The van der Waals surface area contributed by atoms with Crippen molar-refractivity contribution in [3.05, 3.63) is 0 Å². The van der Waals surface area contributed by atoms with Crippen LogP contribution in [0.4, 0.5) is 4.39 Å². The highest BCUT2D eigenvalue weighted by Gasteiger charge is 2.43. The van der Waals surface area contributed by atoms with Gasteiger partial charge in [0.05, 0.1) is 0 Å². The molecule has 0 aromatic heterocycles. The molecule has 1 fully saturated rings. The van der Waals surface area contributed by atoms with E-state index in [0.29, 0.717) is 6.61 Å². The average molecular weight is 148 g/mol. The molecule has 0 aromatic rings. The van der Waals surface area contributed by atoms with Gasteiger partial charge in [-0.05, 0) is 6.42 Å². The molecule has 2 nitrogen and oxygen atoms in total. The highest BCUT2D eigenvalue weighted by atomic mass is 19.1. The van der Waals surface area contributed by atoms with Crippen LogP contribution < -0.4 is 0 Å². The summed E-state index contributed by atoms with van der Waals surface area (Å²) in [5.41, 5.74) is 0. The molecule has 0 radical (unpaired) electrons. The van der Waals surface area contributed by atoms with Crippen molar-refractivity contribution in [2.24, 2.45) is 0 Å². The van der Waals surface area contributed by atoms with Crippen LogP contribution in [0.2, 0.25) is 0 Å². The molecule has 1 aliphatic carbocycles. The molecule has 1 saturated carbocycles. The smallest absolute Gasteiger partial charge is 0.170 e. The molecule has 1 N–H and O–H groups in total. The minimum atomic E-state index is -1.13. The number of halogens is 1. The number of hydrogen-bond donors (Lipinski definition) is 1. The van der Waals surface area contributed by atoms with E-state index in [-0.39, 0.29) is 12.8 Å². The molecule has 0 amide bonds. The molecule has 60 valence electrons. The van der Waals surface area contributed by atoms with Crippen molar-refractivity contribution in [3.63, 3.8) is 0 Å². The van der Waals surface area contributed by atoms with Gasteiger partial charge in [-0.2, -0.15) is 0 Å². The minimum absolute atomic E-state index is 0.146. The fourth-order valence-corrected chi connectivity index (χ4v) is 1.04. The summed E-state index contributed by atoms with van der Waals surface area (Å²) < 4.78 is 17.2. The summed E-state index contributed by atoms with van der Waals surface area (Å²) in [5, 5.41) is 9.25. The zero-order valence-corrected chi connectivity index (χ0v) is 6.14. The Morgan fingerprint density at radius 2 is 2.30 bits per heavy atom.